The van der Waals surface area contributed by atoms with E-state index in [4.69, 9.17) is 20.4 Å². The number of methoxy groups -OCH3 is 1. The first kappa shape index (κ1) is 13.6. The average Bonchev–Trinajstić information content (AvgIpc) is 2.47. The van der Waals surface area contributed by atoms with Gasteiger partial charge in [0.05, 0.1) is 11.7 Å². The van der Waals surface area contributed by atoms with Gasteiger partial charge in [0.15, 0.2) is 5.84 Å². The third-order valence-electron chi connectivity index (χ3n) is 3.34. The maximum Gasteiger partial charge on any atom is 0.224 e. The molecule has 2 unspecified atom stereocenters. The Hall–Kier alpha value is -1.82. The molecule has 0 bridgehead atoms. The van der Waals surface area contributed by atoms with E-state index >= 15 is 0 Å². The molecule has 2 rings (SSSR count). The zero-order valence-corrected chi connectivity index (χ0v) is 11.0. The second-order valence-electron chi connectivity index (χ2n) is 4.61. The average molecular weight is 265 g/mol. The summed E-state index contributed by atoms with van der Waals surface area (Å²) in [4.78, 5) is 4.16. The van der Waals surface area contributed by atoms with E-state index in [-0.39, 0.29) is 18.0 Å². The van der Waals surface area contributed by atoms with E-state index in [0.717, 1.165) is 25.7 Å². The molecule has 6 heteroatoms. The number of hydrogen-bond donors (Lipinski definition) is 2. The van der Waals surface area contributed by atoms with E-state index < -0.39 is 0 Å². The number of ether oxygens (including phenoxy) is 2. The van der Waals surface area contributed by atoms with Gasteiger partial charge in [-0.25, -0.2) is 4.98 Å². The molecule has 6 nitrogen and oxygen atoms in total. The maximum absolute atomic E-state index is 8.76. The molecular formula is C13H19N3O3. The van der Waals surface area contributed by atoms with Gasteiger partial charge in [0.25, 0.3) is 0 Å². The Morgan fingerprint density at radius 1 is 1.47 bits per heavy atom. The van der Waals surface area contributed by atoms with Crippen LogP contribution in [-0.2, 0) is 4.74 Å². The van der Waals surface area contributed by atoms with Crippen LogP contribution in [0.25, 0.3) is 0 Å². The van der Waals surface area contributed by atoms with Gasteiger partial charge in [0.2, 0.25) is 5.88 Å². The lowest BCUT2D eigenvalue weighted by Gasteiger charge is -2.28. The van der Waals surface area contributed by atoms with Crippen LogP contribution in [0.5, 0.6) is 5.88 Å². The zero-order chi connectivity index (χ0) is 13.7. The molecule has 1 aliphatic carbocycles. The van der Waals surface area contributed by atoms with Gasteiger partial charge in [-0.1, -0.05) is 5.16 Å². The van der Waals surface area contributed by atoms with Gasteiger partial charge in [-0.3, -0.25) is 0 Å². The monoisotopic (exact) mass is 265 g/mol. The van der Waals surface area contributed by atoms with Crippen LogP contribution >= 0.6 is 0 Å². The van der Waals surface area contributed by atoms with Crippen molar-refractivity contribution in [1.29, 1.82) is 0 Å². The van der Waals surface area contributed by atoms with Gasteiger partial charge in [-0.05, 0) is 31.4 Å². The van der Waals surface area contributed by atoms with Crippen molar-refractivity contribution in [3.8, 4) is 5.88 Å². The molecule has 1 heterocycles. The van der Waals surface area contributed by atoms with Crippen LogP contribution in [0.4, 0.5) is 0 Å². The third-order valence-corrected chi connectivity index (χ3v) is 3.34. The molecule has 0 spiro atoms. The summed E-state index contributed by atoms with van der Waals surface area (Å²) in [5.74, 6) is 0.404. The van der Waals surface area contributed by atoms with Crippen molar-refractivity contribution in [3.63, 3.8) is 0 Å². The number of aromatic nitrogens is 1. The van der Waals surface area contributed by atoms with Crippen LogP contribution in [0.1, 0.15) is 31.2 Å². The molecule has 0 aromatic carbocycles. The first-order valence-electron chi connectivity index (χ1n) is 6.37. The van der Waals surface area contributed by atoms with Crippen molar-refractivity contribution in [1.82, 2.24) is 4.98 Å². The molecule has 3 N–H and O–H groups in total. The van der Waals surface area contributed by atoms with Gasteiger partial charge in [0.1, 0.15) is 6.10 Å². The minimum atomic E-state index is 0.00204. The minimum absolute atomic E-state index is 0.00204. The highest BCUT2D eigenvalue weighted by molar-refractivity contribution is 5.98. The molecule has 0 amide bonds. The topological polar surface area (TPSA) is 90.0 Å². The number of nitrogens with zero attached hydrogens (tertiary/aromatic N) is 2. The van der Waals surface area contributed by atoms with Gasteiger partial charge in [-0.15, -0.1) is 0 Å². The number of rotatable bonds is 4. The molecule has 1 fully saturated rings. The molecule has 1 saturated carbocycles. The predicted octanol–water partition coefficient (Wildman–Crippen LogP) is 1.51. The van der Waals surface area contributed by atoms with E-state index in [1.54, 1.807) is 25.4 Å². The predicted molar refractivity (Wildman–Crippen MR) is 70.4 cm³/mol. The lowest BCUT2D eigenvalue weighted by Crippen LogP contribution is -2.30. The largest absolute Gasteiger partial charge is 0.474 e. The Morgan fingerprint density at radius 2 is 2.26 bits per heavy atom. The SMILES string of the molecule is COC1CCCC(Oc2ncccc2C(N)=NO)C1. The molecule has 1 aromatic rings. The summed E-state index contributed by atoms with van der Waals surface area (Å²) in [7, 11) is 1.72. The van der Waals surface area contributed by atoms with Crippen molar-refractivity contribution in [2.75, 3.05) is 7.11 Å². The summed E-state index contributed by atoms with van der Waals surface area (Å²) in [6.07, 6.45) is 5.84. The normalized spacial score (nSPS) is 24.2. The smallest absolute Gasteiger partial charge is 0.224 e. The highest BCUT2D eigenvalue weighted by Crippen LogP contribution is 2.25. The second kappa shape index (κ2) is 6.38. The summed E-state index contributed by atoms with van der Waals surface area (Å²) in [5, 5.41) is 11.8. The fourth-order valence-corrected chi connectivity index (χ4v) is 2.31. The van der Waals surface area contributed by atoms with Gasteiger partial charge < -0.3 is 20.4 Å². The van der Waals surface area contributed by atoms with E-state index in [1.165, 1.54) is 0 Å². The summed E-state index contributed by atoms with van der Waals surface area (Å²) in [6, 6.07) is 3.44. The Labute approximate surface area is 112 Å². The second-order valence-corrected chi connectivity index (χ2v) is 4.61. The van der Waals surface area contributed by atoms with Crippen LogP contribution in [0.15, 0.2) is 23.5 Å². The highest BCUT2D eigenvalue weighted by Gasteiger charge is 2.24. The summed E-state index contributed by atoms with van der Waals surface area (Å²) < 4.78 is 11.2. The molecule has 1 aromatic heterocycles. The van der Waals surface area contributed by atoms with Crippen LogP contribution < -0.4 is 10.5 Å². The fourth-order valence-electron chi connectivity index (χ4n) is 2.31. The van der Waals surface area contributed by atoms with E-state index in [2.05, 4.69) is 10.1 Å². The molecule has 19 heavy (non-hydrogen) atoms. The van der Waals surface area contributed by atoms with Crippen LogP contribution in [0.3, 0.4) is 0 Å². The van der Waals surface area contributed by atoms with Crippen LogP contribution in [0, 0.1) is 0 Å². The van der Waals surface area contributed by atoms with Crippen molar-refractivity contribution < 1.29 is 14.7 Å². The lowest BCUT2D eigenvalue weighted by molar-refractivity contribution is 0.0194. The fraction of sp³-hybridized carbons (Fsp3) is 0.538. The Balaban J connectivity index is 2.10. The third kappa shape index (κ3) is 3.35. The van der Waals surface area contributed by atoms with Crippen molar-refractivity contribution in [3.05, 3.63) is 23.9 Å². The van der Waals surface area contributed by atoms with E-state index in [9.17, 15) is 0 Å². The summed E-state index contributed by atoms with van der Waals surface area (Å²) in [5.41, 5.74) is 6.11. The molecule has 0 radical (unpaired) electrons. The van der Waals surface area contributed by atoms with Crippen LogP contribution in [-0.4, -0.2) is 35.3 Å². The van der Waals surface area contributed by atoms with E-state index in [0.29, 0.717) is 11.4 Å². The number of oxime groups is 1. The zero-order valence-electron chi connectivity index (χ0n) is 11.0. The quantitative estimate of drug-likeness (QED) is 0.373. The summed E-state index contributed by atoms with van der Waals surface area (Å²) >= 11 is 0. The Morgan fingerprint density at radius 3 is 3.00 bits per heavy atom. The highest BCUT2D eigenvalue weighted by atomic mass is 16.5. The van der Waals surface area contributed by atoms with Gasteiger partial charge in [0, 0.05) is 19.7 Å². The number of nitrogens with two attached hydrogens (primary N) is 1. The van der Waals surface area contributed by atoms with Crippen molar-refractivity contribution in [2.45, 2.75) is 37.9 Å². The lowest BCUT2D eigenvalue weighted by atomic mass is 9.95. The molecular weight excluding hydrogens is 246 g/mol. The Bertz CT molecular complexity index is 451. The molecule has 0 aliphatic heterocycles. The number of hydrogen-bond acceptors (Lipinski definition) is 5. The minimum Gasteiger partial charge on any atom is -0.474 e. The standard InChI is InChI=1S/C13H19N3O3/c1-18-9-4-2-5-10(8-9)19-13-11(12(14)16-17)6-3-7-15-13/h3,6-7,9-10,17H,2,4-5,8H2,1H3,(H2,14,16). The molecule has 1 aliphatic rings. The summed E-state index contributed by atoms with van der Waals surface area (Å²) in [6.45, 7) is 0. The first-order chi connectivity index (χ1) is 9.24. The number of pyridine rings is 1. The van der Waals surface area contributed by atoms with Gasteiger partial charge in [-0.2, -0.15) is 0 Å². The number of amidine groups is 1. The van der Waals surface area contributed by atoms with Crippen molar-refractivity contribution in [2.24, 2.45) is 10.9 Å². The first-order valence-corrected chi connectivity index (χ1v) is 6.37. The maximum atomic E-state index is 8.76. The van der Waals surface area contributed by atoms with E-state index in [1.807, 2.05) is 0 Å². The molecule has 104 valence electrons. The molecule has 2 atom stereocenters. The van der Waals surface area contributed by atoms with Crippen molar-refractivity contribution >= 4 is 5.84 Å². The molecule has 0 saturated heterocycles. The van der Waals surface area contributed by atoms with Crippen LogP contribution in [0.2, 0.25) is 0 Å². The Kier molecular flexibility index (Phi) is 4.57. The van der Waals surface area contributed by atoms with Gasteiger partial charge >= 0.3 is 0 Å².